The Hall–Kier alpha value is -2.64. The standard InChI is InChI=1S/C25H31N5OS/c1-3-29(22-14-8-5-9-15-22)24(31)20(2)32-25-27-26-23(19-28-16-10-11-17-28)30(25)18-21-12-6-4-7-13-21/h4-9,12-15,20H,3,10-11,16-19H2,1-2H3/t20-/m0/s1. The third kappa shape index (κ3) is 5.40. The van der Waals surface area contributed by atoms with Gasteiger partial charge in [0.2, 0.25) is 5.91 Å². The summed E-state index contributed by atoms with van der Waals surface area (Å²) in [7, 11) is 0. The first-order valence-electron chi connectivity index (χ1n) is 11.4. The Morgan fingerprint density at radius 3 is 2.31 bits per heavy atom. The van der Waals surface area contributed by atoms with Crippen LogP contribution in [0.1, 0.15) is 38.1 Å². The van der Waals surface area contributed by atoms with Gasteiger partial charge >= 0.3 is 0 Å². The molecule has 168 valence electrons. The Bertz CT molecular complexity index is 1000. The Morgan fingerprint density at radius 2 is 1.66 bits per heavy atom. The van der Waals surface area contributed by atoms with E-state index in [9.17, 15) is 4.79 Å². The smallest absolute Gasteiger partial charge is 0.240 e. The van der Waals surface area contributed by atoms with Crippen molar-refractivity contribution in [2.75, 3.05) is 24.5 Å². The molecular formula is C25H31N5OS. The van der Waals surface area contributed by atoms with E-state index in [0.29, 0.717) is 13.1 Å². The van der Waals surface area contributed by atoms with Crippen molar-refractivity contribution < 1.29 is 4.79 Å². The predicted octanol–water partition coefficient (Wildman–Crippen LogP) is 4.46. The lowest BCUT2D eigenvalue weighted by molar-refractivity contribution is -0.117. The van der Waals surface area contributed by atoms with Crippen molar-refractivity contribution in [1.82, 2.24) is 19.7 Å². The van der Waals surface area contributed by atoms with Crippen LogP contribution in [0.15, 0.2) is 65.8 Å². The number of amides is 1. The second-order valence-electron chi connectivity index (χ2n) is 8.13. The van der Waals surface area contributed by atoms with Gasteiger partial charge < -0.3 is 9.47 Å². The van der Waals surface area contributed by atoms with Gasteiger partial charge in [0.1, 0.15) is 5.82 Å². The number of nitrogens with zero attached hydrogens (tertiary/aromatic N) is 5. The van der Waals surface area contributed by atoms with Crippen LogP contribution >= 0.6 is 11.8 Å². The molecule has 6 nitrogen and oxygen atoms in total. The van der Waals surface area contributed by atoms with Crippen LogP contribution in [-0.2, 0) is 17.9 Å². The summed E-state index contributed by atoms with van der Waals surface area (Å²) in [6.45, 7) is 8.32. The van der Waals surface area contributed by atoms with Gasteiger partial charge in [-0.25, -0.2) is 0 Å². The van der Waals surface area contributed by atoms with Gasteiger partial charge in [0.05, 0.1) is 18.3 Å². The number of thioether (sulfide) groups is 1. The molecule has 1 aliphatic heterocycles. The van der Waals surface area contributed by atoms with Gasteiger partial charge in [0.25, 0.3) is 0 Å². The zero-order chi connectivity index (χ0) is 22.3. The van der Waals surface area contributed by atoms with Crippen LogP contribution in [0, 0.1) is 0 Å². The summed E-state index contributed by atoms with van der Waals surface area (Å²) in [5.74, 6) is 1.05. The molecule has 1 aromatic heterocycles. The molecular weight excluding hydrogens is 418 g/mol. The summed E-state index contributed by atoms with van der Waals surface area (Å²) in [6, 6.07) is 20.2. The van der Waals surface area contributed by atoms with Crippen molar-refractivity contribution >= 4 is 23.4 Å². The number of para-hydroxylation sites is 1. The van der Waals surface area contributed by atoms with E-state index in [1.807, 2.05) is 55.1 Å². The van der Waals surface area contributed by atoms with Gasteiger partial charge in [-0.2, -0.15) is 0 Å². The Kier molecular flexibility index (Phi) is 7.60. The highest BCUT2D eigenvalue weighted by Gasteiger charge is 2.25. The molecule has 0 radical (unpaired) electrons. The summed E-state index contributed by atoms with van der Waals surface area (Å²) in [5.41, 5.74) is 2.13. The molecule has 2 aromatic carbocycles. The fraction of sp³-hybridized carbons (Fsp3) is 0.400. The van der Waals surface area contributed by atoms with Crippen LogP contribution in [-0.4, -0.2) is 50.5 Å². The van der Waals surface area contributed by atoms with E-state index in [0.717, 1.165) is 36.3 Å². The highest BCUT2D eigenvalue weighted by molar-refractivity contribution is 8.00. The number of anilines is 1. The van der Waals surface area contributed by atoms with E-state index in [1.54, 1.807) is 0 Å². The van der Waals surface area contributed by atoms with Gasteiger partial charge in [0.15, 0.2) is 5.16 Å². The molecule has 1 aliphatic rings. The van der Waals surface area contributed by atoms with Crippen molar-refractivity contribution in [1.29, 1.82) is 0 Å². The van der Waals surface area contributed by atoms with Crippen LogP contribution in [0.5, 0.6) is 0 Å². The van der Waals surface area contributed by atoms with Crippen LogP contribution in [0.3, 0.4) is 0 Å². The topological polar surface area (TPSA) is 54.3 Å². The van der Waals surface area contributed by atoms with Crippen molar-refractivity contribution in [3.05, 3.63) is 72.1 Å². The second-order valence-corrected chi connectivity index (χ2v) is 9.44. The molecule has 1 atom stereocenters. The summed E-state index contributed by atoms with van der Waals surface area (Å²) in [4.78, 5) is 17.5. The maximum Gasteiger partial charge on any atom is 0.240 e. The number of hydrogen-bond donors (Lipinski definition) is 0. The molecule has 3 aromatic rings. The van der Waals surface area contributed by atoms with Crippen molar-refractivity contribution in [3.8, 4) is 0 Å². The number of carbonyl (C=O) groups excluding carboxylic acids is 1. The molecule has 2 heterocycles. The van der Waals surface area contributed by atoms with Gasteiger partial charge in [-0.05, 0) is 57.5 Å². The maximum atomic E-state index is 13.3. The number of carbonyl (C=O) groups is 1. The average molecular weight is 450 g/mol. The Morgan fingerprint density at radius 1 is 1.00 bits per heavy atom. The molecule has 7 heteroatoms. The number of likely N-dealkylation sites (tertiary alicyclic amines) is 1. The lowest BCUT2D eigenvalue weighted by Gasteiger charge is -2.24. The molecule has 1 amide bonds. The number of benzene rings is 2. The third-order valence-electron chi connectivity index (χ3n) is 5.82. The summed E-state index contributed by atoms with van der Waals surface area (Å²) in [5, 5.41) is 9.58. The highest BCUT2D eigenvalue weighted by Crippen LogP contribution is 2.27. The SMILES string of the molecule is CCN(C(=O)[C@H](C)Sc1nnc(CN2CCCC2)n1Cc1ccccc1)c1ccccc1. The van der Waals surface area contributed by atoms with Crippen LogP contribution in [0.25, 0.3) is 0 Å². The molecule has 0 N–H and O–H groups in total. The number of aromatic nitrogens is 3. The van der Waals surface area contributed by atoms with Gasteiger partial charge in [-0.3, -0.25) is 9.69 Å². The molecule has 0 bridgehead atoms. The van der Waals surface area contributed by atoms with Crippen LogP contribution in [0.2, 0.25) is 0 Å². The molecule has 4 rings (SSSR count). The van der Waals surface area contributed by atoms with Crippen molar-refractivity contribution in [3.63, 3.8) is 0 Å². The average Bonchev–Trinajstić information content (AvgIpc) is 3.47. The summed E-state index contributed by atoms with van der Waals surface area (Å²) in [6.07, 6.45) is 2.48. The van der Waals surface area contributed by atoms with E-state index >= 15 is 0 Å². The normalized spacial score (nSPS) is 15.1. The molecule has 0 spiro atoms. The summed E-state index contributed by atoms with van der Waals surface area (Å²) < 4.78 is 2.18. The minimum Gasteiger partial charge on any atom is -0.312 e. The first kappa shape index (κ1) is 22.6. The van der Waals surface area contributed by atoms with Gasteiger partial charge in [0, 0.05) is 12.2 Å². The molecule has 1 fully saturated rings. The third-order valence-corrected chi connectivity index (χ3v) is 6.89. The minimum absolute atomic E-state index is 0.0825. The largest absolute Gasteiger partial charge is 0.312 e. The molecule has 0 aliphatic carbocycles. The van der Waals surface area contributed by atoms with E-state index in [4.69, 9.17) is 0 Å². The Labute approximate surface area is 194 Å². The predicted molar refractivity (Wildman–Crippen MR) is 130 cm³/mol. The fourth-order valence-electron chi connectivity index (χ4n) is 4.09. The summed E-state index contributed by atoms with van der Waals surface area (Å²) >= 11 is 1.49. The molecule has 0 unspecified atom stereocenters. The lowest BCUT2D eigenvalue weighted by atomic mass is 10.2. The van der Waals surface area contributed by atoms with E-state index in [-0.39, 0.29) is 11.2 Å². The first-order valence-corrected chi connectivity index (χ1v) is 12.2. The zero-order valence-electron chi connectivity index (χ0n) is 18.9. The van der Waals surface area contributed by atoms with Gasteiger partial charge in [-0.1, -0.05) is 60.3 Å². The molecule has 32 heavy (non-hydrogen) atoms. The molecule has 0 saturated carbocycles. The van der Waals surface area contributed by atoms with Gasteiger partial charge in [-0.15, -0.1) is 10.2 Å². The highest BCUT2D eigenvalue weighted by atomic mass is 32.2. The maximum absolute atomic E-state index is 13.3. The number of rotatable bonds is 9. The zero-order valence-corrected chi connectivity index (χ0v) is 19.7. The number of hydrogen-bond acceptors (Lipinski definition) is 5. The minimum atomic E-state index is -0.270. The fourth-order valence-corrected chi connectivity index (χ4v) is 5.02. The van der Waals surface area contributed by atoms with E-state index in [1.165, 1.54) is 30.2 Å². The van der Waals surface area contributed by atoms with E-state index < -0.39 is 0 Å². The van der Waals surface area contributed by atoms with Crippen LogP contribution < -0.4 is 4.90 Å². The first-order chi connectivity index (χ1) is 15.7. The Balaban J connectivity index is 1.55. The second kappa shape index (κ2) is 10.8. The molecule has 1 saturated heterocycles. The monoisotopic (exact) mass is 449 g/mol. The lowest BCUT2D eigenvalue weighted by Crippen LogP contribution is -2.36. The quantitative estimate of drug-likeness (QED) is 0.452. The van der Waals surface area contributed by atoms with Crippen molar-refractivity contribution in [2.24, 2.45) is 0 Å². The van der Waals surface area contributed by atoms with E-state index in [2.05, 4.69) is 43.9 Å². The van der Waals surface area contributed by atoms with Crippen LogP contribution in [0.4, 0.5) is 5.69 Å². The van der Waals surface area contributed by atoms with Crippen molar-refractivity contribution in [2.45, 2.75) is 50.2 Å².